The van der Waals surface area contributed by atoms with Crippen LogP contribution in [0.5, 0.6) is 5.88 Å². The highest BCUT2D eigenvalue weighted by molar-refractivity contribution is 7.09. The van der Waals surface area contributed by atoms with Gasteiger partial charge in [0.15, 0.2) is 0 Å². The molecule has 0 aliphatic rings. The van der Waals surface area contributed by atoms with E-state index in [4.69, 9.17) is 4.74 Å². The van der Waals surface area contributed by atoms with E-state index in [2.05, 4.69) is 29.1 Å². The van der Waals surface area contributed by atoms with Crippen molar-refractivity contribution in [3.05, 3.63) is 40.5 Å². The van der Waals surface area contributed by atoms with Crippen molar-refractivity contribution in [3.63, 3.8) is 0 Å². The fourth-order valence-corrected chi connectivity index (χ4v) is 2.15. The number of nitrogens with zero attached hydrogens (tertiary/aromatic N) is 2. The minimum absolute atomic E-state index is 0.553. The van der Waals surface area contributed by atoms with E-state index in [1.165, 1.54) is 4.88 Å². The topological polar surface area (TPSA) is 47.0 Å². The quantitative estimate of drug-likeness (QED) is 0.845. The van der Waals surface area contributed by atoms with E-state index in [9.17, 15) is 0 Å². The van der Waals surface area contributed by atoms with E-state index in [1.807, 2.05) is 17.5 Å². The maximum Gasteiger partial charge on any atom is 0.232 e. The first-order valence-electron chi connectivity index (χ1n) is 6.41. The molecule has 0 saturated carbocycles. The molecule has 4 nitrogen and oxygen atoms in total. The van der Waals surface area contributed by atoms with Gasteiger partial charge in [0, 0.05) is 11.4 Å². The number of ether oxygens (including phenoxy) is 1. The highest BCUT2D eigenvalue weighted by Gasteiger charge is 2.01. The molecule has 19 heavy (non-hydrogen) atoms. The first kappa shape index (κ1) is 14.0. The second-order valence-electron chi connectivity index (χ2n) is 4.74. The van der Waals surface area contributed by atoms with Crippen LogP contribution >= 0.6 is 11.3 Å². The Labute approximate surface area is 117 Å². The average molecular weight is 277 g/mol. The van der Waals surface area contributed by atoms with Gasteiger partial charge >= 0.3 is 0 Å². The van der Waals surface area contributed by atoms with Crippen molar-refractivity contribution in [3.8, 4) is 5.88 Å². The summed E-state index contributed by atoms with van der Waals surface area (Å²) >= 11 is 1.68. The molecule has 0 aromatic carbocycles. The summed E-state index contributed by atoms with van der Waals surface area (Å²) < 4.78 is 5.56. The molecule has 0 atom stereocenters. The Morgan fingerprint density at radius 1 is 1.32 bits per heavy atom. The van der Waals surface area contributed by atoms with Gasteiger partial charge in [0.2, 0.25) is 5.88 Å². The molecule has 5 heteroatoms. The maximum atomic E-state index is 5.56. The van der Waals surface area contributed by atoms with Gasteiger partial charge in [0.1, 0.15) is 6.61 Å². The zero-order chi connectivity index (χ0) is 13.5. The van der Waals surface area contributed by atoms with Crippen LogP contribution in [0.1, 0.15) is 24.4 Å². The van der Waals surface area contributed by atoms with Crippen LogP contribution in [-0.4, -0.2) is 16.5 Å². The van der Waals surface area contributed by atoms with Crippen LogP contribution in [-0.2, 0) is 13.2 Å². The lowest BCUT2D eigenvalue weighted by Crippen LogP contribution is -2.19. The smallest absolute Gasteiger partial charge is 0.232 e. The first-order valence-corrected chi connectivity index (χ1v) is 7.29. The Balaban J connectivity index is 1.77. The van der Waals surface area contributed by atoms with Gasteiger partial charge in [-0.3, -0.25) is 4.98 Å². The number of nitrogens with one attached hydrogen (secondary N) is 1. The fourth-order valence-electron chi connectivity index (χ4n) is 1.54. The van der Waals surface area contributed by atoms with E-state index >= 15 is 0 Å². The van der Waals surface area contributed by atoms with Crippen LogP contribution in [0.15, 0.2) is 29.9 Å². The van der Waals surface area contributed by atoms with Gasteiger partial charge in [0.05, 0.1) is 18.1 Å². The maximum absolute atomic E-state index is 5.56. The second kappa shape index (κ2) is 7.21. The molecule has 2 aromatic rings. The molecule has 2 aromatic heterocycles. The molecule has 0 saturated heterocycles. The van der Waals surface area contributed by atoms with Crippen molar-refractivity contribution in [1.82, 2.24) is 15.3 Å². The molecule has 0 aliphatic heterocycles. The third kappa shape index (κ3) is 4.96. The molecule has 0 radical (unpaired) electrons. The molecular formula is C14H19N3OS. The lowest BCUT2D eigenvalue weighted by atomic mass is 10.2. The van der Waals surface area contributed by atoms with E-state index in [0.717, 1.165) is 18.8 Å². The molecule has 0 bridgehead atoms. The van der Waals surface area contributed by atoms with Gasteiger partial charge in [-0.15, -0.1) is 11.3 Å². The van der Waals surface area contributed by atoms with Crippen molar-refractivity contribution >= 4 is 11.3 Å². The molecule has 102 valence electrons. The standard InChI is InChI=1S/C14H19N3OS/c1-11(2)6-15-7-12-8-17-14(9-16-12)18-10-13-4-3-5-19-13/h3-5,8-9,11,15H,6-7,10H2,1-2H3. The Morgan fingerprint density at radius 3 is 2.84 bits per heavy atom. The molecule has 0 fully saturated rings. The monoisotopic (exact) mass is 277 g/mol. The average Bonchev–Trinajstić information content (AvgIpc) is 2.90. The lowest BCUT2D eigenvalue weighted by molar-refractivity contribution is 0.295. The van der Waals surface area contributed by atoms with Crippen LogP contribution in [0.4, 0.5) is 0 Å². The number of thiophene rings is 1. The van der Waals surface area contributed by atoms with Crippen LogP contribution in [0.2, 0.25) is 0 Å². The predicted octanol–water partition coefficient (Wildman–Crippen LogP) is 2.86. The minimum atomic E-state index is 0.553. The first-order chi connectivity index (χ1) is 9.24. The number of hydrogen-bond acceptors (Lipinski definition) is 5. The van der Waals surface area contributed by atoms with E-state index in [1.54, 1.807) is 23.7 Å². The van der Waals surface area contributed by atoms with Gasteiger partial charge < -0.3 is 10.1 Å². The molecule has 2 rings (SSSR count). The van der Waals surface area contributed by atoms with Crippen molar-refractivity contribution in [1.29, 1.82) is 0 Å². The third-order valence-corrected chi connectivity index (χ3v) is 3.33. The SMILES string of the molecule is CC(C)CNCc1cnc(OCc2cccs2)cn1. The Bertz CT molecular complexity index is 468. The summed E-state index contributed by atoms with van der Waals surface area (Å²) in [6, 6.07) is 4.06. The highest BCUT2D eigenvalue weighted by Crippen LogP contribution is 2.12. The summed E-state index contributed by atoms with van der Waals surface area (Å²) in [5.41, 5.74) is 0.934. The zero-order valence-corrected chi connectivity index (χ0v) is 12.1. The normalized spacial score (nSPS) is 10.9. The van der Waals surface area contributed by atoms with Crippen molar-refractivity contribution < 1.29 is 4.74 Å². The molecule has 2 heterocycles. The van der Waals surface area contributed by atoms with Crippen LogP contribution in [0, 0.1) is 5.92 Å². The van der Waals surface area contributed by atoms with Gasteiger partial charge in [-0.25, -0.2) is 4.98 Å². The summed E-state index contributed by atoms with van der Waals surface area (Å²) in [6.45, 7) is 6.65. The molecular weight excluding hydrogens is 258 g/mol. The molecule has 0 spiro atoms. The Morgan fingerprint density at radius 2 is 2.21 bits per heavy atom. The Kier molecular flexibility index (Phi) is 5.30. The summed E-state index contributed by atoms with van der Waals surface area (Å²) in [6.07, 6.45) is 3.44. The highest BCUT2D eigenvalue weighted by atomic mass is 32.1. The molecule has 0 amide bonds. The summed E-state index contributed by atoms with van der Waals surface area (Å²) in [4.78, 5) is 9.77. The fraction of sp³-hybridized carbons (Fsp3) is 0.429. The van der Waals surface area contributed by atoms with Crippen LogP contribution in [0.3, 0.4) is 0 Å². The van der Waals surface area contributed by atoms with Gasteiger partial charge in [0.25, 0.3) is 0 Å². The zero-order valence-electron chi connectivity index (χ0n) is 11.3. The van der Waals surface area contributed by atoms with Gasteiger partial charge in [-0.1, -0.05) is 19.9 Å². The van der Waals surface area contributed by atoms with E-state index in [0.29, 0.717) is 18.4 Å². The number of aromatic nitrogens is 2. The Hall–Kier alpha value is -1.46. The predicted molar refractivity (Wildman–Crippen MR) is 77.2 cm³/mol. The second-order valence-corrected chi connectivity index (χ2v) is 5.77. The van der Waals surface area contributed by atoms with Crippen molar-refractivity contribution in [2.45, 2.75) is 27.0 Å². The largest absolute Gasteiger partial charge is 0.471 e. The molecule has 1 N–H and O–H groups in total. The van der Waals surface area contributed by atoms with Crippen LogP contribution in [0.25, 0.3) is 0 Å². The van der Waals surface area contributed by atoms with Crippen LogP contribution < -0.4 is 10.1 Å². The van der Waals surface area contributed by atoms with Crippen molar-refractivity contribution in [2.24, 2.45) is 5.92 Å². The number of hydrogen-bond donors (Lipinski definition) is 1. The lowest BCUT2D eigenvalue weighted by Gasteiger charge is -2.07. The third-order valence-electron chi connectivity index (χ3n) is 2.48. The molecule has 0 aliphatic carbocycles. The van der Waals surface area contributed by atoms with Crippen molar-refractivity contribution in [2.75, 3.05) is 6.54 Å². The molecule has 0 unspecified atom stereocenters. The van der Waals surface area contributed by atoms with Gasteiger partial charge in [-0.05, 0) is 23.9 Å². The van der Waals surface area contributed by atoms with E-state index in [-0.39, 0.29) is 0 Å². The van der Waals surface area contributed by atoms with Gasteiger partial charge in [-0.2, -0.15) is 0 Å². The summed E-state index contributed by atoms with van der Waals surface area (Å²) in [5, 5.41) is 5.37. The minimum Gasteiger partial charge on any atom is -0.471 e. The van der Waals surface area contributed by atoms with E-state index < -0.39 is 0 Å². The number of rotatable bonds is 7. The summed E-state index contributed by atoms with van der Waals surface area (Å²) in [5.74, 6) is 1.21. The summed E-state index contributed by atoms with van der Waals surface area (Å²) in [7, 11) is 0.